The van der Waals surface area contributed by atoms with Crippen molar-refractivity contribution in [2.75, 3.05) is 11.9 Å². The number of nitro groups is 1. The van der Waals surface area contributed by atoms with Crippen molar-refractivity contribution < 1.29 is 19.2 Å². The first-order chi connectivity index (χ1) is 12.4. The van der Waals surface area contributed by atoms with Gasteiger partial charge < -0.3 is 10.1 Å². The number of nitrogens with zero attached hydrogens (tertiary/aromatic N) is 2. The molecule has 0 radical (unpaired) electrons. The Balaban J connectivity index is 1.71. The Morgan fingerprint density at radius 2 is 1.92 bits per heavy atom. The zero-order chi connectivity index (χ0) is 18.7. The molecule has 2 N–H and O–H groups in total. The molecule has 0 spiro atoms. The molecule has 9 heteroatoms. The summed E-state index contributed by atoms with van der Waals surface area (Å²) in [5.41, 5.74) is 4.29. The van der Waals surface area contributed by atoms with Crippen LogP contribution in [0.3, 0.4) is 0 Å². The highest BCUT2D eigenvalue weighted by Crippen LogP contribution is 2.28. The lowest BCUT2D eigenvalue weighted by molar-refractivity contribution is -0.384. The Hall–Kier alpha value is -3.75. The van der Waals surface area contributed by atoms with Crippen LogP contribution in [0.15, 0.2) is 47.6 Å². The predicted octanol–water partition coefficient (Wildman–Crippen LogP) is 2.08. The summed E-state index contributed by atoms with van der Waals surface area (Å²) in [6, 6.07) is 10.4. The minimum atomic E-state index is -0.539. The summed E-state index contributed by atoms with van der Waals surface area (Å²) in [7, 11) is 0. The van der Waals surface area contributed by atoms with Crippen LogP contribution in [0, 0.1) is 10.1 Å². The average Bonchev–Trinajstić information content (AvgIpc) is 2.65. The van der Waals surface area contributed by atoms with Crippen LogP contribution in [-0.2, 0) is 4.79 Å². The number of hydrogen-bond donors (Lipinski definition) is 2. The van der Waals surface area contributed by atoms with Crippen molar-refractivity contribution in [2.45, 2.75) is 6.92 Å². The fourth-order valence-electron chi connectivity index (χ4n) is 2.31. The molecule has 0 atom stereocenters. The summed E-state index contributed by atoms with van der Waals surface area (Å²) in [5.74, 6) is -0.166. The molecule has 2 aromatic rings. The maximum atomic E-state index is 12.1. The van der Waals surface area contributed by atoms with E-state index in [1.807, 2.05) is 0 Å². The summed E-state index contributed by atoms with van der Waals surface area (Å²) in [5, 5.41) is 17.3. The number of nitro benzene ring substituents is 1. The largest absolute Gasteiger partial charge is 0.482 e. The van der Waals surface area contributed by atoms with Gasteiger partial charge in [0.1, 0.15) is 5.75 Å². The molecule has 1 heterocycles. The van der Waals surface area contributed by atoms with Crippen molar-refractivity contribution in [1.29, 1.82) is 0 Å². The lowest BCUT2D eigenvalue weighted by Gasteiger charge is -2.18. The summed E-state index contributed by atoms with van der Waals surface area (Å²) < 4.78 is 5.28. The van der Waals surface area contributed by atoms with Gasteiger partial charge in [0.05, 0.1) is 16.3 Å². The smallest absolute Gasteiger partial charge is 0.271 e. The van der Waals surface area contributed by atoms with Gasteiger partial charge in [0.2, 0.25) is 0 Å². The predicted molar refractivity (Wildman–Crippen MR) is 93.3 cm³/mol. The highest BCUT2D eigenvalue weighted by Gasteiger charge is 2.16. The van der Waals surface area contributed by atoms with Gasteiger partial charge in [0.25, 0.3) is 17.5 Å². The fourth-order valence-corrected chi connectivity index (χ4v) is 2.31. The molecule has 0 saturated heterocycles. The molecule has 0 aromatic heterocycles. The lowest BCUT2D eigenvalue weighted by atomic mass is 10.1. The van der Waals surface area contributed by atoms with E-state index in [-0.39, 0.29) is 23.8 Å². The number of fused-ring (bicyclic) bond motifs is 1. The van der Waals surface area contributed by atoms with E-state index in [1.54, 1.807) is 25.1 Å². The molecule has 132 valence electrons. The van der Waals surface area contributed by atoms with Crippen LogP contribution in [0.1, 0.15) is 22.8 Å². The van der Waals surface area contributed by atoms with Crippen molar-refractivity contribution in [1.82, 2.24) is 5.43 Å². The number of hydrogen-bond acceptors (Lipinski definition) is 6. The van der Waals surface area contributed by atoms with Crippen molar-refractivity contribution in [3.05, 3.63) is 63.7 Å². The molecule has 2 amide bonds. The summed E-state index contributed by atoms with van der Waals surface area (Å²) in [6.07, 6.45) is 0. The number of non-ortho nitro benzene ring substituents is 1. The molecule has 0 fully saturated rings. The average molecular weight is 354 g/mol. The Bertz CT molecular complexity index is 921. The quantitative estimate of drug-likeness (QED) is 0.494. The van der Waals surface area contributed by atoms with Gasteiger partial charge in [0, 0.05) is 17.7 Å². The maximum Gasteiger partial charge on any atom is 0.271 e. The topological polar surface area (TPSA) is 123 Å². The van der Waals surface area contributed by atoms with E-state index >= 15 is 0 Å². The van der Waals surface area contributed by atoms with Gasteiger partial charge in [-0.2, -0.15) is 5.10 Å². The first-order valence-electron chi connectivity index (χ1n) is 7.60. The van der Waals surface area contributed by atoms with E-state index in [1.165, 1.54) is 24.3 Å². The molecule has 2 aromatic carbocycles. The minimum Gasteiger partial charge on any atom is -0.482 e. The third kappa shape index (κ3) is 3.66. The second kappa shape index (κ2) is 7.01. The molecule has 9 nitrogen and oxygen atoms in total. The normalized spacial score (nSPS) is 13.3. The molecule has 0 unspecified atom stereocenters. The van der Waals surface area contributed by atoms with Gasteiger partial charge in [-0.25, -0.2) is 5.43 Å². The number of benzene rings is 2. The minimum absolute atomic E-state index is 0.0231. The number of carbonyl (C=O) groups excluding carboxylic acids is 2. The van der Waals surface area contributed by atoms with Gasteiger partial charge in [-0.3, -0.25) is 19.7 Å². The van der Waals surface area contributed by atoms with Gasteiger partial charge in [0.15, 0.2) is 6.61 Å². The standard InChI is InChI=1S/C17H14N4O5/c1-10(12-4-7-15-14(8-12)18-16(22)9-26-15)19-20-17(23)11-2-5-13(6-3-11)21(24)25/h2-8H,9H2,1H3,(H,18,22)(H,20,23)/b19-10-. The second-order valence-corrected chi connectivity index (χ2v) is 5.49. The molecule has 3 rings (SSSR count). The SMILES string of the molecule is C/C(=N/NC(=O)c1ccc([N+](=O)[O-])cc1)c1ccc2c(c1)NC(=O)CO2. The second-order valence-electron chi connectivity index (χ2n) is 5.49. The maximum absolute atomic E-state index is 12.1. The molecule has 1 aliphatic rings. The monoisotopic (exact) mass is 354 g/mol. The van der Waals surface area contributed by atoms with Gasteiger partial charge in [-0.1, -0.05) is 0 Å². The number of nitrogens with one attached hydrogen (secondary N) is 2. The van der Waals surface area contributed by atoms with Crippen LogP contribution in [0.25, 0.3) is 0 Å². The van der Waals surface area contributed by atoms with E-state index in [4.69, 9.17) is 4.74 Å². The van der Waals surface area contributed by atoms with Crippen LogP contribution in [0.2, 0.25) is 0 Å². The van der Waals surface area contributed by atoms with Crippen molar-refractivity contribution in [2.24, 2.45) is 5.10 Å². The molecule has 26 heavy (non-hydrogen) atoms. The van der Waals surface area contributed by atoms with E-state index in [0.717, 1.165) is 0 Å². The third-order valence-electron chi connectivity index (χ3n) is 3.70. The van der Waals surface area contributed by atoms with Crippen LogP contribution in [0.4, 0.5) is 11.4 Å². The number of carbonyl (C=O) groups is 2. The molecular formula is C17H14N4O5. The van der Waals surface area contributed by atoms with Crippen LogP contribution >= 0.6 is 0 Å². The number of rotatable bonds is 4. The number of anilines is 1. The van der Waals surface area contributed by atoms with Crippen LogP contribution in [-0.4, -0.2) is 29.1 Å². The fraction of sp³-hybridized carbons (Fsp3) is 0.118. The van der Waals surface area contributed by atoms with Gasteiger partial charge in [-0.15, -0.1) is 0 Å². The summed E-state index contributed by atoms with van der Waals surface area (Å²) in [4.78, 5) is 33.5. The zero-order valence-electron chi connectivity index (χ0n) is 13.7. The van der Waals surface area contributed by atoms with E-state index in [9.17, 15) is 19.7 Å². The first kappa shape index (κ1) is 17.1. The van der Waals surface area contributed by atoms with Crippen molar-refractivity contribution in [3.63, 3.8) is 0 Å². The molecule has 0 aliphatic carbocycles. The number of ether oxygens (including phenoxy) is 1. The zero-order valence-corrected chi connectivity index (χ0v) is 13.7. The van der Waals surface area contributed by atoms with Gasteiger partial charge in [-0.05, 0) is 42.8 Å². The van der Waals surface area contributed by atoms with Crippen LogP contribution < -0.4 is 15.5 Å². The highest BCUT2D eigenvalue weighted by atomic mass is 16.6. The first-order valence-corrected chi connectivity index (χ1v) is 7.60. The van der Waals surface area contributed by atoms with E-state index < -0.39 is 10.8 Å². The van der Waals surface area contributed by atoms with E-state index in [0.29, 0.717) is 22.7 Å². The molecule has 1 aliphatic heterocycles. The number of amides is 2. The number of hydrazone groups is 1. The summed E-state index contributed by atoms with van der Waals surface area (Å²) in [6.45, 7) is 1.67. The van der Waals surface area contributed by atoms with E-state index in [2.05, 4.69) is 15.8 Å². The third-order valence-corrected chi connectivity index (χ3v) is 3.70. The molecule has 0 bridgehead atoms. The van der Waals surface area contributed by atoms with Gasteiger partial charge >= 0.3 is 0 Å². The highest BCUT2D eigenvalue weighted by molar-refractivity contribution is 6.03. The van der Waals surface area contributed by atoms with Crippen molar-refractivity contribution >= 4 is 28.9 Å². The molecular weight excluding hydrogens is 340 g/mol. The Morgan fingerprint density at radius 1 is 1.23 bits per heavy atom. The van der Waals surface area contributed by atoms with Crippen molar-refractivity contribution in [3.8, 4) is 5.75 Å². The Morgan fingerprint density at radius 3 is 2.62 bits per heavy atom. The lowest BCUT2D eigenvalue weighted by Crippen LogP contribution is -2.25. The molecule has 0 saturated carbocycles. The Kier molecular flexibility index (Phi) is 4.61. The van der Waals surface area contributed by atoms with Crippen LogP contribution in [0.5, 0.6) is 5.75 Å². The Labute approximate surface area is 147 Å². The summed E-state index contributed by atoms with van der Waals surface area (Å²) >= 11 is 0.